The molecule has 1 atom stereocenters. The Bertz CT molecular complexity index is 431. The minimum atomic E-state index is -0.755. The molecule has 98 valence electrons. The fraction of sp³-hybridized carbons (Fsp3) is 0.417. The predicted molar refractivity (Wildman–Crippen MR) is 62.3 cm³/mol. The van der Waals surface area contributed by atoms with Gasteiger partial charge in [0.2, 0.25) is 0 Å². The molecule has 1 aromatic heterocycles. The number of carbonyl (C=O) groups excluding carboxylic acids is 2. The summed E-state index contributed by atoms with van der Waals surface area (Å²) < 4.78 is 17.3. The predicted octanol–water partition coefficient (Wildman–Crippen LogP) is 1.15. The summed E-state index contributed by atoms with van der Waals surface area (Å²) in [5.41, 5.74) is 0.0472. The Morgan fingerprint density at radius 1 is 1.39 bits per heavy atom. The normalized spacial score (nSPS) is 12.1. The molecule has 1 aromatic rings. The van der Waals surface area contributed by atoms with E-state index in [1.165, 1.54) is 13.2 Å². The Kier molecular flexibility index (Phi) is 4.76. The number of pyridine rings is 1. The molecule has 1 rings (SSSR count). The van der Waals surface area contributed by atoms with E-state index in [9.17, 15) is 14.0 Å². The van der Waals surface area contributed by atoms with Crippen molar-refractivity contribution in [2.75, 3.05) is 7.11 Å². The first-order chi connectivity index (χ1) is 8.45. The summed E-state index contributed by atoms with van der Waals surface area (Å²) in [4.78, 5) is 26.9. The SMILES string of the molecule is COC(=O)C(NC(=O)c1ccc(F)cn1)C(C)C. The maximum Gasteiger partial charge on any atom is 0.328 e. The molecular formula is C12H15FN2O3. The Morgan fingerprint density at radius 3 is 2.50 bits per heavy atom. The molecule has 0 bridgehead atoms. The van der Waals surface area contributed by atoms with Gasteiger partial charge in [-0.15, -0.1) is 0 Å². The molecule has 1 amide bonds. The van der Waals surface area contributed by atoms with Crippen LogP contribution in [-0.2, 0) is 9.53 Å². The van der Waals surface area contributed by atoms with E-state index in [0.29, 0.717) is 0 Å². The number of nitrogens with one attached hydrogen (secondary N) is 1. The lowest BCUT2D eigenvalue weighted by Crippen LogP contribution is -2.45. The lowest BCUT2D eigenvalue weighted by atomic mass is 10.0. The van der Waals surface area contributed by atoms with E-state index in [2.05, 4.69) is 15.0 Å². The van der Waals surface area contributed by atoms with E-state index < -0.39 is 23.7 Å². The first-order valence-electron chi connectivity index (χ1n) is 5.46. The van der Waals surface area contributed by atoms with Crippen LogP contribution in [-0.4, -0.2) is 30.0 Å². The van der Waals surface area contributed by atoms with Crippen LogP contribution in [0.15, 0.2) is 18.3 Å². The average Bonchev–Trinajstić information content (AvgIpc) is 2.35. The van der Waals surface area contributed by atoms with Gasteiger partial charge >= 0.3 is 5.97 Å². The number of rotatable bonds is 4. The molecule has 1 heterocycles. The van der Waals surface area contributed by atoms with Crippen LogP contribution in [0.25, 0.3) is 0 Å². The van der Waals surface area contributed by atoms with Crippen LogP contribution in [0.5, 0.6) is 0 Å². The van der Waals surface area contributed by atoms with Crippen molar-refractivity contribution in [3.8, 4) is 0 Å². The Balaban J connectivity index is 2.78. The summed E-state index contributed by atoms with van der Waals surface area (Å²) >= 11 is 0. The first kappa shape index (κ1) is 14.1. The molecule has 18 heavy (non-hydrogen) atoms. The maximum absolute atomic E-state index is 12.7. The second-order valence-electron chi connectivity index (χ2n) is 4.08. The highest BCUT2D eigenvalue weighted by molar-refractivity contribution is 5.95. The van der Waals surface area contributed by atoms with Crippen LogP contribution >= 0.6 is 0 Å². The second-order valence-corrected chi connectivity index (χ2v) is 4.08. The zero-order valence-corrected chi connectivity index (χ0v) is 10.4. The minimum absolute atomic E-state index is 0.0472. The molecule has 0 saturated heterocycles. The van der Waals surface area contributed by atoms with Gasteiger partial charge in [-0.25, -0.2) is 14.2 Å². The van der Waals surface area contributed by atoms with Gasteiger partial charge in [-0.05, 0) is 18.1 Å². The second kappa shape index (κ2) is 6.09. The van der Waals surface area contributed by atoms with Crippen molar-refractivity contribution in [2.45, 2.75) is 19.9 Å². The smallest absolute Gasteiger partial charge is 0.328 e. The molecule has 0 aliphatic carbocycles. The molecule has 5 nitrogen and oxygen atoms in total. The molecule has 1 N–H and O–H groups in total. The van der Waals surface area contributed by atoms with Gasteiger partial charge in [-0.1, -0.05) is 13.8 Å². The van der Waals surface area contributed by atoms with E-state index in [1.54, 1.807) is 13.8 Å². The standard InChI is InChI=1S/C12H15FN2O3/c1-7(2)10(12(17)18-3)15-11(16)9-5-4-8(13)6-14-9/h4-7,10H,1-3H3,(H,15,16). The van der Waals surface area contributed by atoms with Crippen molar-refractivity contribution in [3.05, 3.63) is 29.8 Å². The fourth-order valence-corrected chi connectivity index (χ4v) is 1.35. The van der Waals surface area contributed by atoms with Crippen molar-refractivity contribution >= 4 is 11.9 Å². The largest absolute Gasteiger partial charge is 0.467 e. The third kappa shape index (κ3) is 3.51. The van der Waals surface area contributed by atoms with Crippen molar-refractivity contribution in [1.82, 2.24) is 10.3 Å². The molecule has 0 aliphatic rings. The molecule has 0 aromatic carbocycles. The highest BCUT2D eigenvalue weighted by atomic mass is 19.1. The van der Waals surface area contributed by atoms with E-state index in [0.717, 1.165) is 12.3 Å². The van der Waals surface area contributed by atoms with Gasteiger partial charge in [0.05, 0.1) is 13.3 Å². The van der Waals surface area contributed by atoms with E-state index in [-0.39, 0.29) is 11.6 Å². The number of halogens is 1. The van der Waals surface area contributed by atoms with Crippen LogP contribution in [0.4, 0.5) is 4.39 Å². The first-order valence-corrected chi connectivity index (χ1v) is 5.46. The number of hydrogen-bond acceptors (Lipinski definition) is 4. The average molecular weight is 254 g/mol. The monoisotopic (exact) mass is 254 g/mol. The summed E-state index contributed by atoms with van der Waals surface area (Å²) in [6, 6.07) is 1.62. The lowest BCUT2D eigenvalue weighted by Gasteiger charge is -2.19. The highest BCUT2D eigenvalue weighted by Gasteiger charge is 2.25. The number of aromatic nitrogens is 1. The molecule has 6 heteroatoms. The molecule has 0 saturated carbocycles. The maximum atomic E-state index is 12.7. The molecule has 0 radical (unpaired) electrons. The third-order valence-corrected chi connectivity index (χ3v) is 2.37. The lowest BCUT2D eigenvalue weighted by molar-refractivity contribution is -0.144. The van der Waals surface area contributed by atoms with Crippen molar-refractivity contribution < 1.29 is 18.7 Å². The van der Waals surface area contributed by atoms with Crippen LogP contribution in [0.2, 0.25) is 0 Å². The number of hydrogen-bond donors (Lipinski definition) is 1. The molecular weight excluding hydrogens is 239 g/mol. The summed E-state index contributed by atoms with van der Waals surface area (Å²) in [6.07, 6.45) is 0.942. The topological polar surface area (TPSA) is 68.3 Å². The summed E-state index contributed by atoms with van der Waals surface area (Å²) in [5, 5.41) is 2.50. The summed E-state index contributed by atoms with van der Waals surface area (Å²) in [6.45, 7) is 3.56. The van der Waals surface area contributed by atoms with Crippen LogP contribution in [0.3, 0.4) is 0 Å². The van der Waals surface area contributed by atoms with Crippen molar-refractivity contribution in [1.29, 1.82) is 0 Å². The zero-order chi connectivity index (χ0) is 13.7. The van der Waals surface area contributed by atoms with Gasteiger partial charge in [-0.3, -0.25) is 4.79 Å². The van der Waals surface area contributed by atoms with Gasteiger partial charge in [0.25, 0.3) is 5.91 Å². The van der Waals surface area contributed by atoms with Gasteiger partial charge in [0.1, 0.15) is 17.6 Å². The van der Waals surface area contributed by atoms with Crippen LogP contribution in [0.1, 0.15) is 24.3 Å². The molecule has 0 fully saturated rings. The summed E-state index contributed by atoms with van der Waals surface area (Å²) in [5.74, 6) is -1.72. The number of nitrogens with zero attached hydrogens (tertiary/aromatic N) is 1. The summed E-state index contributed by atoms with van der Waals surface area (Å²) in [7, 11) is 1.25. The quantitative estimate of drug-likeness (QED) is 0.818. The number of esters is 1. The van der Waals surface area contributed by atoms with Crippen molar-refractivity contribution in [3.63, 3.8) is 0 Å². The zero-order valence-electron chi connectivity index (χ0n) is 10.4. The van der Waals surface area contributed by atoms with E-state index in [1.807, 2.05) is 0 Å². The highest BCUT2D eigenvalue weighted by Crippen LogP contribution is 2.05. The third-order valence-electron chi connectivity index (χ3n) is 2.37. The number of amides is 1. The van der Waals surface area contributed by atoms with Gasteiger partial charge in [0, 0.05) is 0 Å². The van der Waals surface area contributed by atoms with E-state index in [4.69, 9.17) is 0 Å². The minimum Gasteiger partial charge on any atom is -0.467 e. The van der Waals surface area contributed by atoms with Gasteiger partial charge < -0.3 is 10.1 Å². The van der Waals surface area contributed by atoms with Crippen LogP contribution in [0, 0.1) is 11.7 Å². The van der Waals surface area contributed by atoms with Gasteiger partial charge in [-0.2, -0.15) is 0 Å². The van der Waals surface area contributed by atoms with Crippen LogP contribution < -0.4 is 5.32 Å². The Morgan fingerprint density at radius 2 is 2.06 bits per heavy atom. The molecule has 0 aliphatic heterocycles. The Hall–Kier alpha value is -1.98. The number of methoxy groups -OCH3 is 1. The Labute approximate surface area is 104 Å². The number of ether oxygens (including phenoxy) is 1. The molecule has 1 unspecified atom stereocenters. The van der Waals surface area contributed by atoms with Gasteiger partial charge in [0.15, 0.2) is 0 Å². The van der Waals surface area contributed by atoms with Crippen molar-refractivity contribution in [2.24, 2.45) is 5.92 Å². The van der Waals surface area contributed by atoms with E-state index >= 15 is 0 Å². The number of carbonyl (C=O) groups is 2. The fourth-order valence-electron chi connectivity index (χ4n) is 1.35. The molecule has 0 spiro atoms.